The van der Waals surface area contributed by atoms with Crippen LogP contribution in [0.1, 0.15) is 67.2 Å². The lowest BCUT2D eigenvalue weighted by Crippen LogP contribution is -2.27. The second kappa shape index (κ2) is 6.33. The minimum Gasteiger partial charge on any atom is -0.311 e. The summed E-state index contributed by atoms with van der Waals surface area (Å²) >= 11 is 0. The number of amides is 1. The molecule has 2 atom stereocenters. The Bertz CT molecular complexity index is 1120. The number of aromatic amines is 1. The van der Waals surface area contributed by atoms with Gasteiger partial charge in [-0.15, -0.1) is 0 Å². The first-order valence-corrected chi connectivity index (χ1v) is 11.3. The SMILES string of the molecule is Cc1nn([C@@H]2CCS(=O)(=O)C2)c(C)c1[C@H]1CC(=O)Nc2c1c(=O)[nH]n2C(C)C. The van der Waals surface area contributed by atoms with E-state index >= 15 is 0 Å². The first-order chi connectivity index (χ1) is 13.1. The number of nitrogens with zero attached hydrogens (tertiary/aromatic N) is 3. The summed E-state index contributed by atoms with van der Waals surface area (Å²) in [5, 5.41) is 10.3. The smallest absolute Gasteiger partial charge is 0.270 e. The maximum atomic E-state index is 12.7. The Hall–Kier alpha value is -2.36. The molecule has 2 aromatic rings. The maximum absolute atomic E-state index is 12.7. The van der Waals surface area contributed by atoms with Gasteiger partial charge in [0.25, 0.3) is 5.56 Å². The average molecular weight is 407 g/mol. The normalized spacial score (nSPS) is 23.8. The molecule has 0 saturated carbocycles. The zero-order valence-corrected chi connectivity index (χ0v) is 17.3. The van der Waals surface area contributed by atoms with Gasteiger partial charge in [0.15, 0.2) is 9.84 Å². The van der Waals surface area contributed by atoms with Crippen molar-refractivity contribution in [3.63, 3.8) is 0 Å². The lowest BCUT2D eigenvalue weighted by atomic mass is 9.86. The second-order valence-corrected chi connectivity index (χ2v) is 10.3. The zero-order chi connectivity index (χ0) is 20.4. The summed E-state index contributed by atoms with van der Waals surface area (Å²) in [7, 11) is -3.04. The van der Waals surface area contributed by atoms with Crippen LogP contribution in [0, 0.1) is 13.8 Å². The summed E-state index contributed by atoms with van der Waals surface area (Å²) in [6.45, 7) is 7.60. The molecule has 152 valence electrons. The Balaban J connectivity index is 1.83. The molecule has 28 heavy (non-hydrogen) atoms. The highest BCUT2D eigenvalue weighted by Gasteiger charge is 2.38. The van der Waals surface area contributed by atoms with Crippen LogP contribution in [-0.4, -0.2) is 45.4 Å². The molecule has 1 fully saturated rings. The maximum Gasteiger partial charge on any atom is 0.270 e. The molecule has 2 aliphatic heterocycles. The summed E-state index contributed by atoms with van der Waals surface area (Å²) in [6, 6.07) is -0.211. The third-order valence-electron chi connectivity index (χ3n) is 5.76. The predicted molar refractivity (Wildman–Crippen MR) is 105 cm³/mol. The van der Waals surface area contributed by atoms with Gasteiger partial charge in [-0.3, -0.25) is 24.1 Å². The summed E-state index contributed by atoms with van der Waals surface area (Å²) in [5.41, 5.74) is 2.71. The van der Waals surface area contributed by atoms with Gasteiger partial charge in [0.2, 0.25) is 5.91 Å². The Morgan fingerprint density at radius 3 is 2.50 bits per heavy atom. The van der Waals surface area contributed by atoms with Crippen LogP contribution >= 0.6 is 0 Å². The molecule has 0 aliphatic carbocycles. The molecule has 0 aromatic carbocycles. The molecule has 0 spiro atoms. The highest BCUT2D eigenvalue weighted by atomic mass is 32.2. The van der Waals surface area contributed by atoms with E-state index in [1.807, 2.05) is 27.7 Å². The van der Waals surface area contributed by atoms with Crippen molar-refractivity contribution in [2.24, 2.45) is 0 Å². The van der Waals surface area contributed by atoms with E-state index in [4.69, 9.17) is 0 Å². The highest BCUT2D eigenvalue weighted by Crippen LogP contribution is 2.39. The molecule has 0 radical (unpaired) electrons. The van der Waals surface area contributed by atoms with Crippen LogP contribution in [0.25, 0.3) is 0 Å². The third kappa shape index (κ3) is 2.90. The van der Waals surface area contributed by atoms with Gasteiger partial charge in [-0.1, -0.05) is 0 Å². The molecule has 2 aromatic heterocycles. The summed E-state index contributed by atoms with van der Waals surface area (Å²) in [4.78, 5) is 25.1. The van der Waals surface area contributed by atoms with Crippen molar-refractivity contribution in [2.75, 3.05) is 16.8 Å². The molecule has 9 nitrogen and oxygen atoms in total. The Morgan fingerprint density at radius 2 is 1.89 bits per heavy atom. The van der Waals surface area contributed by atoms with E-state index in [9.17, 15) is 18.0 Å². The van der Waals surface area contributed by atoms with Crippen molar-refractivity contribution in [3.8, 4) is 0 Å². The molecule has 1 amide bonds. The minimum atomic E-state index is -3.04. The van der Waals surface area contributed by atoms with Gasteiger partial charge in [-0.25, -0.2) is 8.42 Å². The number of H-pyrrole nitrogens is 1. The number of anilines is 1. The quantitative estimate of drug-likeness (QED) is 0.797. The van der Waals surface area contributed by atoms with Crippen molar-refractivity contribution in [3.05, 3.63) is 32.9 Å². The molecular formula is C18H25N5O4S. The number of sulfone groups is 1. The van der Waals surface area contributed by atoms with Crippen LogP contribution in [-0.2, 0) is 14.6 Å². The number of fused-ring (bicyclic) bond motifs is 1. The lowest BCUT2D eigenvalue weighted by molar-refractivity contribution is -0.116. The molecule has 4 rings (SSSR count). The molecule has 1 saturated heterocycles. The van der Waals surface area contributed by atoms with Gasteiger partial charge < -0.3 is 5.32 Å². The monoisotopic (exact) mass is 407 g/mol. The number of carbonyl (C=O) groups excluding carboxylic acids is 1. The standard InChI is InChI=1S/C18H25N5O4S/c1-9(2)22-17-16(18(25)21-22)13(7-14(24)19-17)15-10(3)20-23(11(15)4)12-5-6-28(26,27)8-12/h9,12-13H,5-8H2,1-4H3,(H,19,24)(H,21,25)/t12-,13-/m1/s1. The number of aromatic nitrogens is 4. The first-order valence-electron chi connectivity index (χ1n) is 9.49. The zero-order valence-electron chi connectivity index (χ0n) is 16.4. The van der Waals surface area contributed by atoms with Crippen LogP contribution in [0.2, 0.25) is 0 Å². The lowest BCUT2D eigenvalue weighted by Gasteiger charge is -2.24. The molecule has 4 heterocycles. The van der Waals surface area contributed by atoms with E-state index in [-0.39, 0.29) is 41.5 Å². The predicted octanol–water partition coefficient (Wildman–Crippen LogP) is 1.40. The molecule has 10 heteroatoms. The second-order valence-electron chi connectivity index (χ2n) is 8.06. The van der Waals surface area contributed by atoms with Crippen molar-refractivity contribution >= 4 is 21.6 Å². The van der Waals surface area contributed by atoms with Crippen LogP contribution < -0.4 is 10.9 Å². The Kier molecular flexibility index (Phi) is 4.29. The fourth-order valence-corrected chi connectivity index (χ4v) is 6.21. The highest BCUT2D eigenvalue weighted by molar-refractivity contribution is 7.91. The number of aryl methyl sites for hydroxylation is 1. The third-order valence-corrected chi connectivity index (χ3v) is 7.51. The summed E-state index contributed by atoms with van der Waals surface area (Å²) < 4.78 is 27.2. The van der Waals surface area contributed by atoms with Crippen molar-refractivity contribution in [1.29, 1.82) is 0 Å². The average Bonchev–Trinajstić information content (AvgIpc) is 3.21. The topological polar surface area (TPSA) is 119 Å². The summed E-state index contributed by atoms with van der Waals surface area (Å²) in [6.07, 6.45) is 0.693. The van der Waals surface area contributed by atoms with E-state index in [0.29, 0.717) is 17.8 Å². The molecular weight excluding hydrogens is 382 g/mol. The van der Waals surface area contributed by atoms with Crippen LogP contribution in [0.5, 0.6) is 0 Å². The molecule has 2 aliphatic rings. The minimum absolute atomic E-state index is 0.0101. The van der Waals surface area contributed by atoms with Crippen LogP contribution in [0.15, 0.2) is 4.79 Å². The van der Waals surface area contributed by atoms with Crippen molar-refractivity contribution in [1.82, 2.24) is 19.6 Å². The van der Waals surface area contributed by atoms with Crippen molar-refractivity contribution in [2.45, 2.75) is 58.5 Å². The van der Waals surface area contributed by atoms with Gasteiger partial charge in [-0.05, 0) is 34.1 Å². The largest absolute Gasteiger partial charge is 0.311 e. The van der Waals surface area contributed by atoms with E-state index in [1.54, 1.807) is 9.36 Å². The fraction of sp³-hybridized carbons (Fsp3) is 0.611. The van der Waals surface area contributed by atoms with E-state index in [0.717, 1.165) is 17.0 Å². The van der Waals surface area contributed by atoms with Gasteiger partial charge >= 0.3 is 0 Å². The van der Waals surface area contributed by atoms with Crippen molar-refractivity contribution < 1.29 is 13.2 Å². The Labute approximate surface area is 163 Å². The van der Waals surface area contributed by atoms with Crippen LogP contribution in [0.3, 0.4) is 0 Å². The number of hydrogen-bond acceptors (Lipinski definition) is 5. The number of carbonyl (C=O) groups is 1. The number of rotatable bonds is 3. The van der Waals surface area contributed by atoms with Gasteiger partial charge in [-0.2, -0.15) is 5.10 Å². The summed E-state index contributed by atoms with van der Waals surface area (Å²) in [5.74, 6) is 0.198. The van der Waals surface area contributed by atoms with Gasteiger partial charge in [0.1, 0.15) is 5.82 Å². The van der Waals surface area contributed by atoms with Gasteiger partial charge in [0.05, 0.1) is 28.8 Å². The van der Waals surface area contributed by atoms with Gasteiger partial charge in [0, 0.05) is 29.6 Å². The molecule has 2 N–H and O–H groups in total. The molecule has 0 unspecified atom stereocenters. The number of nitrogens with one attached hydrogen (secondary N) is 2. The fourth-order valence-electron chi connectivity index (χ4n) is 4.52. The van der Waals surface area contributed by atoms with E-state index < -0.39 is 15.8 Å². The Morgan fingerprint density at radius 1 is 1.18 bits per heavy atom. The molecule has 0 bridgehead atoms. The van der Waals surface area contributed by atoms with E-state index in [2.05, 4.69) is 15.5 Å². The van der Waals surface area contributed by atoms with Crippen LogP contribution in [0.4, 0.5) is 5.82 Å². The first kappa shape index (κ1) is 19.0. The van der Waals surface area contributed by atoms with E-state index in [1.165, 1.54) is 0 Å². The number of hydrogen-bond donors (Lipinski definition) is 2.